The van der Waals surface area contributed by atoms with E-state index in [4.69, 9.17) is 23.2 Å². The molecule has 0 heterocycles. The molecule has 0 aliphatic rings. The molecule has 1 N–H and O–H groups in total. The lowest BCUT2D eigenvalue weighted by Crippen LogP contribution is -2.12. The number of hydrogen-bond donors (Lipinski definition) is 2. The van der Waals surface area contributed by atoms with Crippen LogP contribution in [0.5, 0.6) is 0 Å². The molecule has 2 rings (SSSR count). The summed E-state index contributed by atoms with van der Waals surface area (Å²) in [7, 11) is 0. The number of rotatable bonds is 2. The minimum Gasteiger partial charge on any atom is -0.321 e. The van der Waals surface area contributed by atoms with Crippen LogP contribution in [-0.2, 0) is 0 Å². The van der Waals surface area contributed by atoms with Crippen molar-refractivity contribution in [2.24, 2.45) is 0 Å². The molecule has 0 radical (unpaired) electrons. The maximum atomic E-state index is 12.0. The molecule has 0 saturated carbocycles. The molecule has 2 nitrogen and oxygen atoms in total. The van der Waals surface area contributed by atoms with Crippen molar-refractivity contribution in [2.75, 3.05) is 5.32 Å². The Bertz CT molecular complexity index is 601. The lowest BCUT2D eigenvalue weighted by molar-refractivity contribution is 0.102. The Kier molecular flexibility index (Phi) is 4.17. The van der Waals surface area contributed by atoms with Crippen molar-refractivity contribution in [2.45, 2.75) is 4.90 Å². The summed E-state index contributed by atoms with van der Waals surface area (Å²) in [5.41, 5.74) is 1.05. The zero-order valence-corrected chi connectivity index (χ0v) is 11.6. The highest BCUT2D eigenvalue weighted by atomic mass is 35.5. The maximum absolute atomic E-state index is 12.0. The number of thiol groups is 1. The average molecular weight is 298 g/mol. The van der Waals surface area contributed by atoms with Crippen LogP contribution < -0.4 is 5.32 Å². The van der Waals surface area contributed by atoms with Crippen LogP contribution in [0.3, 0.4) is 0 Å². The second-order valence-electron chi connectivity index (χ2n) is 3.63. The third-order valence-corrected chi connectivity index (χ3v) is 3.11. The van der Waals surface area contributed by atoms with Crippen molar-refractivity contribution >= 4 is 47.4 Å². The normalized spacial score (nSPS) is 10.2. The monoisotopic (exact) mass is 297 g/mol. The quantitative estimate of drug-likeness (QED) is 0.783. The number of anilines is 1. The molecule has 0 bridgehead atoms. The van der Waals surface area contributed by atoms with E-state index < -0.39 is 0 Å². The average Bonchev–Trinajstić information content (AvgIpc) is 2.32. The number of benzene rings is 2. The summed E-state index contributed by atoms with van der Waals surface area (Å²) in [6.07, 6.45) is 0. The predicted octanol–water partition coefficient (Wildman–Crippen LogP) is 4.53. The van der Waals surface area contributed by atoms with Gasteiger partial charge in [0.25, 0.3) is 5.91 Å². The van der Waals surface area contributed by atoms with E-state index in [1.807, 2.05) is 0 Å². The van der Waals surface area contributed by atoms with Crippen LogP contribution >= 0.6 is 35.8 Å². The molecule has 0 fully saturated rings. The molecule has 0 unspecified atom stereocenters. The SMILES string of the molecule is O=C(Nc1ccc(Cl)cc1Cl)c1cccc(S)c1. The highest BCUT2D eigenvalue weighted by Crippen LogP contribution is 2.25. The van der Waals surface area contributed by atoms with Crippen molar-refractivity contribution in [3.05, 3.63) is 58.1 Å². The molecule has 0 aliphatic heterocycles. The molecular formula is C13H9Cl2NOS. The molecule has 0 aromatic heterocycles. The first kappa shape index (κ1) is 13.3. The van der Waals surface area contributed by atoms with Crippen molar-refractivity contribution in [3.8, 4) is 0 Å². The van der Waals surface area contributed by atoms with Crippen LogP contribution in [0.4, 0.5) is 5.69 Å². The minimum absolute atomic E-state index is 0.241. The van der Waals surface area contributed by atoms with E-state index in [9.17, 15) is 4.79 Å². The van der Waals surface area contributed by atoms with Crippen molar-refractivity contribution in [1.82, 2.24) is 0 Å². The van der Waals surface area contributed by atoms with Gasteiger partial charge in [-0.2, -0.15) is 0 Å². The molecule has 1 amide bonds. The van der Waals surface area contributed by atoms with E-state index >= 15 is 0 Å². The fourth-order valence-corrected chi connectivity index (χ4v) is 2.11. The Morgan fingerprint density at radius 2 is 1.89 bits per heavy atom. The van der Waals surface area contributed by atoms with Crippen LogP contribution in [-0.4, -0.2) is 5.91 Å². The standard InChI is InChI=1S/C13H9Cl2NOS/c14-9-4-5-12(11(15)7-9)16-13(17)8-2-1-3-10(18)6-8/h1-7,18H,(H,16,17). The first-order chi connectivity index (χ1) is 8.56. The van der Waals surface area contributed by atoms with Gasteiger partial charge < -0.3 is 5.32 Å². The molecule has 18 heavy (non-hydrogen) atoms. The van der Waals surface area contributed by atoms with E-state index in [0.29, 0.717) is 21.3 Å². The van der Waals surface area contributed by atoms with E-state index in [1.54, 1.807) is 42.5 Å². The summed E-state index contributed by atoms with van der Waals surface area (Å²) in [6.45, 7) is 0. The fraction of sp³-hybridized carbons (Fsp3) is 0. The van der Waals surface area contributed by atoms with Gasteiger partial charge in [0.2, 0.25) is 0 Å². The van der Waals surface area contributed by atoms with Gasteiger partial charge in [-0.1, -0.05) is 29.3 Å². The number of nitrogens with one attached hydrogen (secondary N) is 1. The van der Waals surface area contributed by atoms with Crippen molar-refractivity contribution in [3.63, 3.8) is 0 Å². The van der Waals surface area contributed by atoms with Gasteiger partial charge in [0.15, 0.2) is 0 Å². The molecule has 0 aliphatic carbocycles. The summed E-state index contributed by atoms with van der Waals surface area (Å²) < 4.78 is 0. The number of halogens is 2. The fourth-order valence-electron chi connectivity index (χ4n) is 1.43. The van der Waals surface area contributed by atoms with Crippen molar-refractivity contribution < 1.29 is 4.79 Å². The minimum atomic E-state index is -0.241. The Hall–Kier alpha value is -1.16. The third-order valence-electron chi connectivity index (χ3n) is 2.29. The Morgan fingerprint density at radius 1 is 1.11 bits per heavy atom. The lowest BCUT2D eigenvalue weighted by atomic mass is 10.2. The Balaban J connectivity index is 2.21. The first-order valence-corrected chi connectivity index (χ1v) is 6.32. The summed E-state index contributed by atoms with van der Waals surface area (Å²) >= 11 is 15.9. The molecule has 2 aromatic rings. The van der Waals surface area contributed by atoms with E-state index in [1.165, 1.54) is 0 Å². The molecule has 92 valence electrons. The molecule has 0 saturated heterocycles. The molecule has 5 heteroatoms. The molecule has 0 spiro atoms. The predicted molar refractivity (Wildman–Crippen MR) is 78.1 cm³/mol. The first-order valence-electron chi connectivity index (χ1n) is 5.12. The second kappa shape index (κ2) is 5.65. The number of carbonyl (C=O) groups is 1. The van der Waals surface area contributed by atoms with Gasteiger partial charge in [0.1, 0.15) is 0 Å². The van der Waals surface area contributed by atoms with Gasteiger partial charge in [-0.05, 0) is 36.4 Å². The van der Waals surface area contributed by atoms with Gasteiger partial charge >= 0.3 is 0 Å². The largest absolute Gasteiger partial charge is 0.321 e. The van der Waals surface area contributed by atoms with Gasteiger partial charge in [-0.3, -0.25) is 4.79 Å². The zero-order valence-electron chi connectivity index (χ0n) is 9.15. The number of hydrogen-bond acceptors (Lipinski definition) is 2. The summed E-state index contributed by atoms with van der Waals surface area (Å²) in [6, 6.07) is 11.9. The van der Waals surface area contributed by atoms with Crippen LogP contribution in [0.1, 0.15) is 10.4 Å². The van der Waals surface area contributed by atoms with E-state index in [0.717, 1.165) is 4.90 Å². The van der Waals surface area contributed by atoms with Crippen molar-refractivity contribution in [1.29, 1.82) is 0 Å². The summed E-state index contributed by atoms with van der Waals surface area (Å²) in [4.78, 5) is 12.7. The maximum Gasteiger partial charge on any atom is 0.255 e. The number of carbonyl (C=O) groups excluding carboxylic acids is 1. The van der Waals surface area contributed by atoms with Gasteiger partial charge in [-0.15, -0.1) is 12.6 Å². The highest BCUT2D eigenvalue weighted by molar-refractivity contribution is 7.80. The number of amides is 1. The van der Waals surface area contributed by atoms with E-state index in [-0.39, 0.29) is 5.91 Å². The summed E-state index contributed by atoms with van der Waals surface area (Å²) in [5, 5.41) is 3.64. The van der Waals surface area contributed by atoms with E-state index in [2.05, 4.69) is 17.9 Å². The van der Waals surface area contributed by atoms with Gasteiger partial charge in [-0.25, -0.2) is 0 Å². The molecule has 0 atom stereocenters. The zero-order chi connectivity index (χ0) is 13.1. The molecular weight excluding hydrogens is 289 g/mol. The van der Waals surface area contributed by atoms with Crippen LogP contribution in [0.25, 0.3) is 0 Å². The third kappa shape index (κ3) is 3.19. The Morgan fingerprint density at radius 3 is 2.56 bits per heavy atom. The second-order valence-corrected chi connectivity index (χ2v) is 4.99. The van der Waals surface area contributed by atoms with Crippen LogP contribution in [0.2, 0.25) is 10.0 Å². The van der Waals surface area contributed by atoms with Gasteiger partial charge in [0.05, 0.1) is 10.7 Å². The van der Waals surface area contributed by atoms with Crippen LogP contribution in [0, 0.1) is 0 Å². The van der Waals surface area contributed by atoms with Gasteiger partial charge in [0, 0.05) is 15.5 Å². The summed E-state index contributed by atoms with van der Waals surface area (Å²) in [5.74, 6) is -0.241. The van der Waals surface area contributed by atoms with Crippen LogP contribution in [0.15, 0.2) is 47.4 Å². The molecule has 2 aromatic carbocycles. The smallest absolute Gasteiger partial charge is 0.255 e. The lowest BCUT2D eigenvalue weighted by Gasteiger charge is -2.07. The Labute approximate surface area is 120 Å². The topological polar surface area (TPSA) is 29.1 Å². The highest BCUT2D eigenvalue weighted by Gasteiger charge is 2.08.